The van der Waals surface area contributed by atoms with Gasteiger partial charge in [0.1, 0.15) is 12.1 Å². The second-order valence-electron chi connectivity index (χ2n) is 6.62. The molecule has 27 heavy (non-hydrogen) atoms. The number of carboxylic acids is 1. The van der Waals surface area contributed by atoms with Gasteiger partial charge in [-0.25, -0.2) is 4.79 Å². The highest BCUT2D eigenvalue weighted by Gasteiger charge is 2.28. The van der Waals surface area contributed by atoms with E-state index in [-0.39, 0.29) is 18.2 Å². The van der Waals surface area contributed by atoms with Crippen LogP contribution in [0.5, 0.6) is 0 Å². The topological polar surface area (TPSA) is 95.5 Å². The Morgan fingerprint density at radius 2 is 1.67 bits per heavy atom. The fourth-order valence-corrected chi connectivity index (χ4v) is 2.93. The average molecular weight is 413 g/mol. The van der Waals surface area contributed by atoms with Gasteiger partial charge in [-0.05, 0) is 29.9 Å². The molecule has 0 saturated carbocycles. The monoisotopic (exact) mass is 412 g/mol. The number of carbonyl (C=O) groups is 3. The summed E-state index contributed by atoms with van der Waals surface area (Å²) in [5, 5.41) is 14.2. The molecule has 3 atom stereocenters. The van der Waals surface area contributed by atoms with Gasteiger partial charge in [0, 0.05) is 6.42 Å². The van der Waals surface area contributed by atoms with Gasteiger partial charge in [0.15, 0.2) is 0 Å². The molecule has 0 unspecified atom stereocenters. The number of aliphatic carboxylic acids is 1. The van der Waals surface area contributed by atoms with Gasteiger partial charge in [0.2, 0.25) is 11.8 Å². The maximum Gasteiger partial charge on any atom is 0.326 e. The smallest absolute Gasteiger partial charge is 0.326 e. The molecule has 0 bridgehead atoms. The molecule has 1 rings (SSSR count). The summed E-state index contributed by atoms with van der Waals surface area (Å²) in [6, 6.07) is 7.23. The lowest BCUT2D eigenvalue weighted by Gasteiger charge is -2.23. The van der Waals surface area contributed by atoms with E-state index in [1.54, 1.807) is 11.8 Å². The van der Waals surface area contributed by atoms with Gasteiger partial charge < -0.3 is 15.7 Å². The third kappa shape index (κ3) is 8.26. The van der Waals surface area contributed by atoms with Crippen LogP contribution in [0.25, 0.3) is 0 Å². The summed E-state index contributed by atoms with van der Waals surface area (Å²) in [5.41, 5.74) is 0.810. The molecule has 0 fully saturated rings. The normalized spacial score (nSPS) is 14.3. The SMILES string of the molecule is CSCC[C@H](NC(=O)[C@@H](S)C(C)C)C(=O)N[C@@H](Cc1ccccc1)C(=O)O. The van der Waals surface area contributed by atoms with E-state index in [1.165, 1.54) is 0 Å². The molecule has 0 aliphatic carbocycles. The van der Waals surface area contributed by atoms with E-state index in [0.717, 1.165) is 5.56 Å². The molecule has 1 aromatic carbocycles. The van der Waals surface area contributed by atoms with Crippen molar-refractivity contribution < 1.29 is 19.5 Å². The van der Waals surface area contributed by atoms with Gasteiger partial charge in [0.05, 0.1) is 5.25 Å². The number of rotatable bonds is 11. The Morgan fingerprint density at radius 3 is 2.19 bits per heavy atom. The van der Waals surface area contributed by atoms with Gasteiger partial charge in [-0.2, -0.15) is 24.4 Å². The van der Waals surface area contributed by atoms with Crippen LogP contribution in [-0.2, 0) is 20.8 Å². The first-order valence-corrected chi connectivity index (χ1v) is 10.7. The summed E-state index contributed by atoms with van der Waals surface area (Å²) in [7, 11) is 0. The van der Waals surface area contributed by atoms with Crippen molar-refractivity contribution in [2.24, 2.45) is 5.92 Å². The standard InChI is InChI=1S/C19H28N2O4S2/c1-12(2)16(26)18(23)20-14(9-10-27-3)17(22)21-15(19(24)25)11-13-7-5-4-6-8-13/h4-8,12,14-16,26H,9-11H2,1-3H3,(H,20,23)(H,21,22)(H,24,25)/t14-,15-,16-/m0/s1. The van der Waals surface area contributed by atoms with Crippen molar-refractivity contribution in [3.63, 3.8) is 0 Å². The van der Waals surface area contributed by atoms with Crippen LogP contribution in [0, 0.1) is 5.92 Å². The van der Waals surface area contributed by atoms with Gasteiger partial charge in [0.25, 0.3) is 0 Å². The van der Waals surface area contributed by atoms with Crippen LogP contribution in [0.15, 0.2) is 30.3 Å². The van der Waals surface area contributed by atoms with E-state index in [0.29, 0.717) is 12.2 Å². The van der Waals surface area contributed by atoms with Gasteiger partial charge >= 0.3 is 5.97 Å². The molecule has 6 nitrogen and oxygen atoms in total. The molecular formula is C19H28N2O4S2. The van der Waals surface area contributed by atoms with Crippen molar-refractivity contribution in [3.8, 4) is 0 Å². The number of hydrogen-bond acceptors (Lipinski definition) is 5. The van der Waals surface area contributed by atoms with Crippen LogP contribution in [0.1, 0.15) is 25.8 Å². The van der Waals surface area contributed by atoms with E-state index in [2.05, 4.69) is 23.3 Å². The fraction of sp³-hybridized carbons (Fsp3) is 0.526. The first kappa shape index (κ1) is 23.4. The van der Waals surface area contributed by atoms with Crippen LogP contribution in [0.2, 0.25) is 0 Å². The first-order valence-electron chi connectivity index (χ1n) is 8.80. The number of amides is 2. The molecule has 2 amide bonds. The lowest BCUT2D eigenvalue weighted by molar-refractivity contribution is -0.142. The number of thioether (sulfide) groups is 1. The Kier molecular flexibility index (Phi) is 10.3. The highest BCUT2D eigenvalue weighted by atomic mass is 32.2. The van der Waals surface area contributed by atoms with Gasteiger partial charge in [-0.1, -0.05) is 44.2 Å². The molecule has 0 saturated heterocycles. The molecule has 0 spiro atoms. The number of carbonyl (C=O) groups excluding carboxylic acids is 2. The third-order valence-corrected chi connectivity index (χ3v) is 5.52. The second-order valence-corrected chi connectivity index (χ2v) is 8.16. The van der Waals surface area contributed by atoms with Crippen LogP contribution >= 0.6 is 24.4 Å². The van der Waals surface area contributed by atoms with Crippen LogP contribution in [0.3, 0.4) is 0 Å². The Bertz CT molecular complexity index is 625. The Morgan fingerprint density at radius 1 is 1.07 bits per heavy atom. The summed E-state index contributed by atoms with van der Waals surface area (Å²) in [6.07, 6.45) is 2.49. The maximum absolute atomic E-state index is 12.7. The minimum absolute atomic E-state index is 0.0162. The van der Waals surface area contributed by atoms with E-state index < -0.39 is 29.2 Å². The molecule has 0 aromatic heterocycles. The van der Waals surface area contributed by atoms with Crippen LogP contribution < -0.4 is 10.6 Å². The zero-order valence-corrected chi connectivity index (χ0v) is 17.6. The van der Waals surface area contributed by atoms with E-state index >= 15 is 0 Å². The summed E-state index contributed by atoms with van der Waals surface area (Å²) in [5.74, 6) is -1.26. The number of carboxylic acid groups (broad SMARTS) is 1. The van der Waals surface area contributed by atoms with Crippen molar-refractivity contribution >= 4 is 42.2 Å². The Balaban J connectivity index is 2.82. The number of hydrogen-bond donors (Lipinski definition) is 4. The van der Waals surface area contributed by atoms with Crippen molar-refractivity contribution in [1.29, 1.82) is 0 Å². The lowest BCUT2D eigenvalue weighted by Crippen LogP contribution is -2.53. The zero-order valence-electron chi connectivity index (χ0n) is 15.8. The summed E-state index contributed by atoms with van der Waals surface area (Å²) in [6.45, 7) is 3.74. The number of thiol groups is 1. The van der Waals surface area contributed by atoms with Crippen LogP contribution in [0.4, 0.5) is 0 Å². The summed E-state index contributed by atoms with van der Waals surface area (Å²) in [4.78, 5) is 36.5. The molecule has 0 aliphatic rings. The quantitative estimate of drug-likeness (QED) is 0.417. The third-order valence-electron chi connectivity index (χ3n) is 4.04. The molecule has 0 aliphatic heterocycles. The zero-order chi connectivity index (χ0) is 20.4. The predicted molar refractivity (Wildman–Crippen MR) is 112 cm³/mol. The average Bonchev–Trinajstić information content (AvgIpc) is 2.64. The molecule has 1 aromatic rings. The highest BCUT2D eigenvalue weighted by molar-refractivity contribution is 7.98. The van der Waals surface area contributed by atoms with Crippen molar-refractivity contribution in [1.82, 2.24) is 10.6 Å². The number of benzene rings is 1. The van der Waals surface area contributed by atoms with E-state index in [1.807, 2.05) is 50.4 Å². The Hall–Kier alpha value is -1.67. The maximum atomic E-state index is 12.7. The van der Waals surface area contributed by atoms with Crippen LogP contribution in [-0.4, -0.2) is 52.2 Å². The van der Waals surface area contributed by atoms with E-state index in [4.69, 9.17) is 0 Å². The first-order chi connectivity index (χ1) is 12.8. The Labute approximate surface area is 170 Å². The lowest BCUT2D eigenvalue weighted by atomic mass is 10.0. The highest BCUT2D eigenvalue weighted by Crippen LogP contribution is 2.11. The molecule has 0 heterocycles. The molecule has 3 N–H and O–H groups in total. The predicted octanol–water partition coefficient (Wildman–Crippen LogP) is 1.99. The van der Waals surface area contributed by atoms with Gasteiger partial charge in [-0.3, -0.25) is 9.59 Å². The molecule has 0 radical (unpaired) electrons. The molecule has 8 heteroatoms. The molecule has 150 valence electrons. The van der Waals surface area contributed by atoms with Crippen molar-refractivity contribution in [2.75, 3.05) is 12.0 Å². The van der Waals surface area contributed by atoms with E-state index in [9.17, 15) is 19.5 Å². The summed E-state index contributed by atoms with van der Waals surface area (Å²) >= 11 is 5.83. The van der Waals surface area contributed by atoms with Crippen molar-refractivity contribution in [3.05, 3.63) is 35.9 Å². The second kappa shape index (κ2) is 11.9. The minimum Gasteiger partial charge on any atom is -0.480 e. The summed E-state index contributed by atoms with van der Waals surface area (Å²) < 4.78 is 0. The van der Waals surface area contributed by atoms with Crippen molar-refractivity contribution in [2.45, 2.75) is 44.0 Å². The van der Waals surface area contributed by atoms with Gasteiger partial charge in [-0.15, -0.1) is 0 Å². The fourth-order valence-electron chi connectivity index (χ4n) is 2.39. The number of nitrogens with one attached hydrogen (secondary N) is 2. The minimum atomic E-state index is -1.11. The largest absolute Gasteiger partial charge is 0.480 e. The molecular weight excluding hydrogens is 384 g/mol.